The minimum Gasteiger partial charge on any atom is -0.398 e. The van der Waals surface area contributed by atoms with E-state index in [9.17, 15) is 0 Å². The van der Waals surface area contributed by atoms with Gasteiger partial charge in [-0.15, -0.1) is 11.3 Å². The number of para-hydroxylation sites is 1. The highest BCUT2D eigenvalue weighted by molar-refractivity contribution is 7.10. The average Bonchev–Trinajstić information content (AvgIpc) is 2.82. The van der Waals surface area contributed by atoms with Gasteiger partial charge in [0.1, 0.15) is 0 Å². The summed E-state index contributed by atoms with van der Waals surface area (Å²) in [6, 6.07) is 12.1. The number of anilines is 2. The van der Waals surface area contributed by atoms with Gasteiger partial charge in [0.15, 0.2) is 0 Å². The fraction of sp³-hybridized carbons (Fsp3) is 0.0714. The molecule has 90 valence electrons. The number of benzene rings is 1. The topological polar surface area (TPSA) is 50.9 Å². The molecule has 4 heteroatoms. The third kappa shape index (κ3) is 2.02. The Hall–Kier alpha value is -2.07. The van der Waals surface area contributed by atoms with Gasteiger partial charge in [-0.05, 0) is 23.6 Å². The fourth-order valence-electron chi connectivity index (χ4n) is 1.92. The number of nitrogens with one attached hydrogen (secondary N) is 1. The molecule has 0 fully saturated rings. The van der Waals surface area contributed by atoms with Crippen molar-refractivity contribution >= 4 is 33.6 Å². The standard InChI is InChI=1S/C14H13N3S/c15-11-6-8-18-13(11)9-17-12-5-1-3-10-4-2-7-16-14(10)12/h1-8,17H,9,15H2. The van der Waals surface area contributed by atoms with Crippen LogP contribution in [0.2, 0.25) is 0 Å². The summed E-state index contributed by atoms with van der Waals surface area (Å²) in [5, 5.41) is 6.55. The van der Waals surface area contributed by atoms with Gasteiger partial charge in [0.05, 0.1) is 17.7 Å². The van der Waals surface area contributed by atoms with Crippen LogP contribution < -0.4 is 11.1 Å². The second kappa shape index (κ2) is 4.66. The van der Waals surface area contributed by atoms with Gasteiger partial charge in [0.2, 0.25) is 0 Å². The summed E-state index contributed by atoms with van der Waals surface area (Å²) in [5.74, 6) is 0. The minimum absolute atomic E-state index is 0.735. The van der Waals surface area contributed by atoms with E-state index in [2.05, 4.69) is 22.4 Å². The maximum Gasteiger partial charge on any atom is 0.0933 e. The van der Waals surface area contributed by atoms with Crippen molar-refractivity contribution in [3.05, 3.63) is 52.9 Å². The van der Waals surface area contributed by atoms with Crippen molar-refractivity contribution < 1.29 is 0 Å². The molecule has 3 nitrogen and oxygen atoms in total. The molecule has 0 amide bonds. The number of nitrogen functional groups attached to an aromatic ring is 1. The molecule has 3 N–H and O–H groups in total. The van der Waals surface area contributed by atoms with Crippen LogP contribution in [0.25, 0.3) is 10.9 Å². The monoisotopic (exact) mass is 255 g/mol. The van der Waals surface area contributed by atoms with E-state index in [1.54, 1.807) is 11.3 Å². The van der Waals surface area contributed by atoms with Crippen molar-refractivity contribution in [2.24, 2.45) is 0 Å². The van der Waals surface area contributed by atoms with Crippen LogP contribution in [-0.2, 0) is 6.54 Å². The maximum atomic E-state index is 5.87. The van der Waals surface area contributed by atoms with Crippen LogP contribution in [0.1, 0.15) is 4.88 Å². The molecule has 1 aromatic carbocycles. The maximum absolute atomic E-state index is 5.87. The zero-order valence-corrected chi connectivity index (χ0v) is 10.6. The van der Waals surface area contributed by atoms with Crippen molar-refractivity contribution in [2.45, 2.75) is 6.54 Å². The summed E-state index contributed by atoms with van der Waals surface area (Å²) < 4.78 is 0. The third-order valence-corrected chi connectivity index (χ3v) is 3.79. The second-order valence-electron chi connectivity index (χ2n) is 4.03. The molecule has 0 bridgehead atoms. The number of pyridine rings is 1. The molecule has 2 heterocycles. The van der Waals surface area contributed by atoms with E-state index in [0.717, 1.165) is 33.7 Å². The van der Waals surface area contributed by atoms with Gasteiger partial charge in [-0.1, -0.05) is 18.2 Å². The van der Waals surface area contributed by atoms with Crippen molar-refractivity contribution in [3.8, 4) is 0 Å². The number of nitrogens with zero attached hydrogens (tertiary/aromatic N) is 1. The lowest BCUT2D eigenvalue weighted by atomic mass is 10.2. The predicted molar refractivity (Wildman–Crippen MR) is 77.8 cm³/mol. The van der Waals surface area contributed by atoms with Gasteiger partial charge in [0, 0.05) is 22.1 Å². The molecule has 0 saturated carbocycles. The Balaban J connectivity index is 1.89. The third-order valence-electron chi connectivity index (χ3n) is 2.85. The number of fused-ring (bicyclic) bond motifs is 1. The van der Waals surface area contributed by atoms with Crippen LogP contribution in [-0.4, -0.2) is 4.98 Å². The molecule has 0 unspecified atom stereocenters. The van der Waals surface area contributed by atoms with Gasteiger partial charge in [-0.2, -0.15) is 0 Å². The molecule has 0 saturated heterocycles. The van der Waals surface area contributed by atoms with Crippen molar-refractivity contribution in [1.29, 1.82) is 0 Å². The first-order chi connectivity index (χ1) is 8.84. The van der Waals surface area contributed by atoms with Crippen LogP contribution in [0.4, 0.5) is 11.4 Å². The van der Waals surface area contributed by atoms with Crippen LogP contribution in [0, 0.1) is 0 Å². The Morgan fingerprint density at radius 1 is 1.17 bits per heavy atom. The van der Waals surface area contributed by atoms with Gasteiger partial charge in [-0.3, -0.25) is 4.98 Å². The molecule has 0 aliphatic carbocycles. The summed E-state index contributed by atoms with van der Waals surface area (Å²) in [4.78, 5) is 5.57. The largest absolute Gasteiger partial charge is 0.398 e. The summed E-state index contributed by atoms with van der Waals surface area (Å²) in [5.41, 5.74) is 8.76. The van der Waals surface area contributed by atoms with Crippen molar-refractivity contribution in [3.63, 3.8) is 0 Å². The smallest absolute Gasteiger partial charge is 0.0933 e. The molecule has 3 rings (SSSR count). The number of hydrogen-bond donors (Lipinski definition) is 2. The molecule has 0 aliphatic rings. The first kappa shape index (κ1) is 11.0. The molecule has 2 aromatic heterocycles. The highest BCUT2D eigenvalue weighted by Gasteiger charge is 2.03. The second-order valence-corrected chi connectivity index (χ2v) is 5.03. The first-order valence-corrected chi connectivity index (χ1v) is 6.62. The zero-order valence-electron chi connectivity index (χ0n) is 9.76. The number of rotatable bonds is 3. The highest BCUT2D eigenvalue weighted by atomic mass is 32.1. The minimum atomic E-state index is 0.735. The lowest BCUT2D eigenvalue weighted by Crippen LogP contribution is -2.00. The summed E-state index contributed by atoms with van der Waals surface area (Å²) in [7, 11) is 0. The lowest BCUT2D eigenvalue weighted by molar-refractivity contribution is 1.20. The molecule has 0 aliphatic heterocycles. The normalized spacial score (nSPS) is 10.7. The molecule has 0 spiro atoms. The molecule has 3 aromatic rings. The number of nitrogens with two attached hydrogens (primary N) is 1. The first-order valence-electron chi connectivity index (χ1n) is 5.74. The van der Waals surface area contributed by atoms with Gasteiger partial charge in [0.25, 0.3) is 0 Å². The van der Waals surface area contributed by atoms with Gasteiger partial charge < -0.3 is 11.1 Å². The Bertz CT molecular complexity index is 670. The van der Waals surface area contributed by atoms with E-state index in [-0.39, 0.29) is 0 Å². The highest BCUT2D eigenvalue weighted by Crippen LogP contribution is 2.24. The molecular weight excluding hydrogens is 242 g/mol. The van der Waals surface area contributed by atoms with Crippen molar-refractivity contribution in [2.75, 3.05) is 11.1 Å². The number of thiophene rings is 1. The quantitative estimate of drug-likeness (QED) is 0.753. The van der Waals surface area contributed by atoms with Crippen LogP contribution in [0.15, 0.2) is 48.0 Å². The van der Waals surface area contributed by atoms with E-state index in [0.29, 0.717) is 0 Å². The Labute approximate surface area is 109 Å². The molecular formula is C14H13N3S. The summed E-state index contributed by atoms with van der Waals surface area (Å²) in [6.45, 7) is 0.735. The van der Waals surface area contributed by atoms with E-state index < -0.39 is 0 Å². The van der Waals surface area contributed by atoms with E-state index >= 15 is 0 Å². The van der Waals surface area contributed by atoms with E-state index in [1.165, 1.54) is 0 Å². The van der Waals surface area contributed by atoms with Crippen LogP contribution in [0.3, 0.4) is 0 Å². The molecule has 0 radical (unpaired) electrons. The lowest BCUT2D eigenvalue weighted by Gasteiger charge is -2.08. The fourth-order valence-corrected chi connectivity index (χ4v) is 2.66. The Kier molecular flexibility index (Phi) is 2.86. The predicted octanol–water partition coefficient (Wildman–Crippen LogP) is 3.49. The van der Waals surface area contributed by atoms with Crippen molar-refractivity contribution in [1.82, 2.24) is 4.98 Å². The van der Waals surface area contributed by atoms with Gasteiger partial charge >= 0.3 is 0 Å². The average molecular weight is 255 g/mol. The molecule has 18 heavy (non-hydrogen) atoms. The van der Waals surface area contributed by atoms with Gasteiger partial charge in [-0.25, -0.2) is 0 Å². The Morgan fingerprint density at radius 2 is 2.06 bits per heavy atom. The van der Waals surface area contributed by atoms with Crippen LogP contribution in [0.5, 0.6) is 0 Å². The SMILES string of the molecule is Nc1ccsc1CNc1cccc2cccnc12. The summed E-state index contributed by atoms with van der Waals surface area (Å²) >= 11 is 1.67. The number of aromatic nitrogens is 1. The Morgan fingerprint density at radius 3 is 2.89 bits per heavy atom. The van der Waals surface area contributed by atoms with E-state index in [4.69, 9.17) is 5.73 Å². The number of hydrogen-bond acceptors (Lipinski definition) is 4. The zero-order chi connectivity index (χ0) is 12.4. The van der Waals surface area contributed by atoms with Crippen LogP contribution >= 0.6 is 11.3 Å². The van der Waals surface area contributed by atoms with E-state index in [1.807, 2.05) is 35.8 Å². The molecule has 0 atom stereocenters. The summed E-state index contributed by atoms with van der Waals surface area (Å²) in [6.07, 6.45) is 1.81.